The summed E-state index contributed by atoms with van der Waals surface area (Å²) >= 11 is 0. The summed E-state index contributed by atoms with van der Waals surface area (Å²) in [5.41, 5.74) is 2.47. The molecule has 0 fully saturated rings. The predicted molar refractivity (Wildman–Crippen MR) is 208 cm³/mol. The molecule has 0 aliphatic carbocycles. The molecule has 0 aliphatic rings. The van der Waals surface area contributed by atoms with Crippen LogP contribution in [0.1, 0.15) is 15.1 Å². The first-order valence-electron chi connectivity index (χ1n) is 21.4. The summed E-state index contributed by atoms with van der Waals surface area (Å²) in [7, 11) is 0. The highest BCUT2D eigenvalue weighted by Crippen LogP contribution is 2.48. The second kappa shape index (κ2) is 13.7. The molecule has 0 saturated carbocycles. The van der Waals surface area contributed by atoms with Crippen molar-refractivity contribution in [2.24, 2.45) is 0 Å². The Labute approximate surface area is 304 Å². The van der Waals surface area contributed by atoms with Crippen molar-refractivity contribution in [3.63, 3.8) is 0 Å². The lowest BCUT2D eigenvalue weighted by Crippen LogP contribution is -2.12. The second-order valence-electron chi connectivity index (χ2n) is 11.3. The monoisotopic (exact) mass is 636 g/mol. The Morgan fingerprint density at radius 2 is 0.694 bits per heavy atom. The maximum Gasteiger partial charge on any atom is 0.0645 e. The van der Waals surface area contributed by atoms with Gasteiger partial charge >= 0.3 is 0 Å². The summed E-state index contributed by atoms with van der Waals surface area (Å²) in [6, 6.07) is 37.1. The van der Waals surface area contributed by atoms with Gasteiger partial charge in [0.25, 0.3) is 0 Å². The van der Waals surface area contributed by atoms with Crippen molar-refractivity contribution < 1.29 is 15.1 Å². The third-order valence-corrected chi connectivity index (χ3v) is 8.22. The van der Waals surface area contributed by atoms with E-state index < -0.39 is 71.8 Å². The Bertz CT molecular complexity index is 2760. The van der Waals surface area contributed by atoms with E-state index in [2.05, 4.69) is 0 Å². The van der Waals surface area contributed by atoms with Crippen molar-refractivity contribution in [3.05, 3.63) is 212 Å². The molecule has 0 aromatic heterocycles. The largest absolute Gasteiger partial charge is 0.310 e. The van der Waals surface area contributed by atoms with Crippen LogP contribution in [0.3, 0.4) is 0 Å². The van der Waals surface area contributed by atoms with E-state index in [1.165, 1.54) is 0 Å². The molecule has 0 aliphatic heterocycles. The van der Waals surface area contributed by atoms with Crippen molar-refractivity contribution in [2.45, 2.75) is 0 Å². The maximum atomic E-state index is 9.76. The zero-order valence-electron chi connectivity index (χ0n) is 37.3. The van der Waals surface area contributed by atoms with Gasteiger partial charge in [-0.3, -0.25) is 0 Å². The minimum absolute atomic E-state index is 0.00156. The number of anilines is 3. The maximum absolute atomic E-state index is 9.76. The van der Waals surface area contributed by atoms with Gasteiger partial charge < -0.3 is 4.90 Å². The van der Waals surface area contributed by atoms with Crippen molar-refractivity contribution in [1.82, 2.24) is 0 Å². The van der Waals surface area contributed by atoms with E-state index in [1.807, 2.05) is 42.5 Å². The van der Waals surface area contributed by atoms with E-state index in [4.69, 9.17) is 0 Å². The van der Waals surface area contributed by atoms with E-state index in [1.54, 1.807) is 103 Å². The van der Waals surface area contributed by atoms with Crippen LogP contribution < -0.4 is 4.90 Å². The van der Waals surface area contributed by atoms with Crippen molar-refractivity contribution >= 4 is 17.1 Å². The molecule has 0 bridgehead atoms. The molecular weight excluding hydrogens is 591 g/mol. The molecule has 0 saturated heterocycles. The summed E-state index contributed by atoms with van der Waals surface area (Å²) < 4.78 is 104. The average molecular weight is 637 g/mol. The van der Waals surface area contributed by atoms with Gasteiger partial charge in [0.2, 0.25) is 0 Å². The van der Waals surface area contributed by atoms with Gasteiger partial charge in [0.1, 0.15) is 0 Å². The van der Waals surface area contributed by atoms with Crippen molar-refractivity contribution in [3.8, 4) is 55.6 Å². The molecule has 1 nitrogen and oxygen atoms in total. The van der Waals surface area contributed by atoms with Gasteiger partial charge in [0.15, 0.2) is 0 Å². The highest BCUT2D eigenvalue weighted by molar-refractivity contribution is 6.01. The van der Waals surface area contributed by atoms with E-state index in [0.29, 0.717) is 27.8 Å². The smallest absolute Gasteiger partial charge is 0.0645 e. The molecule has 0 unspecified atom stereocenters. The normalized spacial score (nSPS) is 14.0. The van der Waals surface area contributed by atoms with Gasteiger partial charge in [0, 0.05) is 16.9 Å². The van der Waals surface area contributed by atoms with Gasteiger partial charge in [-0.15, -0.1) is 0 Å². The molecule has 0 N–H and O–H groups in total. The lowest BCUT2D eigenvalue weighted by molar-refractivity contribution is 1.28. The third-order valence-electron chi connectivity index (χ3n) is 8.22. The van der Waals surface area contributed by atoms with Crippen LogP contribution in [-0.2, 0) is 0 Å². The van der Waals surface area contributed by atoms with E-state index in [0.717, 1.165) is 10.5 Å². The first kappa shape index (κ1) is 20.0. The first-order chi connectivity index (χ1) is 28.9. The van der Waals surface area contributed by atoms with Gasteiger partial charge in [-0.2, -0.15) is 0 Å². The lowest BCUT2D eigenvalue weighted by atomic mass is 9.87. The number of hydrogen-bond acceptors (Lipinski definition) is 1. The summed E-state index contributed by atoms with van der Waals surface area (Å²) in [5.74, 6) is 0. The number of rotatable bonds is 8. The number of benzene rings is 8. The minimum atomic E-state index is -0.580. The Hall–Kier alpha value is -6.44. The van der Waals surface area contributed by atoms with Gasteiger partial charge in [0.05, 0.1) is 20.8 Å². The van der Waals surface area contributed by atoms with Crippen molar-refractivity contribution in [1.29, 1.82) is 0 Å². The predicted octanol–water partition coefficient (Wildman–Crippen LogP) is 13.5. The molecule has 0 radical (unpaired) electrons. The second-order valence-corrected chi connectivity index (χ2v) is 11.3. The highest BCUT2D eigenvalue weighted by Gasteiger charge is 2.22. The summed E-state index contributed by atoms with van der Waals surface area (Å²) in [6.07, 6.45) is 0. The molecule has 1 heteroatoms. The molecule has 49 heavy (non-hydrogen) atoms. The van der Waals surface area contributed by atoms with Gasteiger partial charge in [-0.05, 0) is 80.3 Å². The van der Waals surface area contributed by atoms with Crippen LogP contribution in [0.5, 0.6) is 0 Å². The first-order valence-corrected chi connectivity index (χ1v) is 15.9. The van der Waals surface area contributed by atoms with E-state index in [-0.39, 0.29) is 34.0 Å². The van der Waals surface area contributed by atoms with Gasteiger partial charge in [-0.25, -0.2) is 0 Å². The molecule has 0 spiro atoms. The fourth-order valence-corrected chi connectivity index (χ4v) is 5.89. The molecule has 0 atom stereocenters. The Morgan fingerprint density at radius 1 is 0.306 bits per heavy atom. The Balaban J connectivity index is 1.61. The van der Waals surface area contributed by atoms with Crippen LogP contribution in [0.4, 0.5) is 17.1 Å². The minimum Gasteiger partial charge on any atom is -0.310 e. The molecule has 8 aromatic carbocycles. The van der Waals surface area contributed by atoms with Gasteiger partial charge in [-0.1, -0.05) is 182 Å². The van der Waals surface area contributed by atoms with Crippen LogP contribution in [0.15, 0.2) is 212 Å². The standard InChI is InChI=1S/C48H35N/c1-5-16-36(17-6-1)38-28-32-42(33-29-38)49(43-34-30-39(31-35-43)37-18-7-2-8-19-37)47-27-15-26-45(41-22-11-4-12-23-41)48(47)46-25-14-13-24-44(46)40-20-9-3-10-21-40/h1-35H/i15D,26D,27D,28D,29D,30D,31D,32D,33D,34D,35D. The van der Waals surface area contributed by atoms with E-state index >= 15 is 0 Å². The highest BCUT2D eigenvalue weighted by atomic mass is 15.1. The fraction of sp³-hybridized carbons (Fsp3) is 0. The number of nitrogens with zero attached hydrogens (tertiary/aromatic N) is 1. The molecule has 8 aromatic rings. The molecular formula is C48H35N. The lowest BCUT2D eigenvalue weighted by Gasteiger charge is -2.30. The summed E-state index contributed by atoms with van der Waals surface area (Å²) in [5, 5.41) is 0. The summed E-state index contributed by atoms with van der Waals surface area (Å²) in [6.45, 7) is 0. The zero-order valence-corrected chi connectivity index (χ0v) is 26.3. The SMILES string of the molecule is [2H]c1c([2H])c(-c2ccccc2)c(-c2ccccc2-c2ccccc2)c(N(c2c([2H])c([2H])c(-c3ccccc3)c([2H])c2[2H])c2c([2H])c([2H])c(-c3ccccc3)c([2H])c2[2H])c1[2H]. The summed E-state index contributed by atoms with van der Waals surface area (Å²) in [4.78, 5) is 1.09. The topological polar surface area (TPSA) is 3.24 Å². The van der Waals surface area contributed by atoms with Crippen LogP contribution in [-0.4, -0.2) is 0 Å². The van der Waals surface area contributed by atoms with Crippen LogP contribution in [0, 0.1) is 0 Å². The Kier molecular flexibility index (Phi) is 5.62. The molecule has 232 valence electrons. The average Bonchev–Trinajstić information content (AvgIpc) is 3.28. The molecule has 0 amide bonds. The molecule has 0 heterocycles. The third kappa shape index (κ3) is 6.18. The van der Waals surface area contributed by atoms with Crippen LogP contribution in [0.25, 0.3) is 55.6 Å². The quantitative estimate of drug-likeness (QED) is 0.160. The van der Waals surface area contributed by atoms with E-state index in [9.17, 15) is 15.1 Å². The zero-order chi connectivity index (χ0) is 42.4. The van der Waals surface area contributed by atoms with Crippen LogP contribution >= 0.6 is 0 Å². The fourth-order valence-electron chi connectivity index (χ4n) is 5.89. The van der Waals surface area contributed by atoms with Crippen LogP contribution in [0.2, 0.25) is 0 Å². The molecule has 8 rings (SSSR count). The van der Waals surface area contributed by atoms with Crippen molar-refractivity contribution in [2.75, 3.05) is 4.90 Å². The number of hydrogen-bond donors (Lipinski definition) is 0. The Morgan fingerprint density at radius 3 is 1.16 bits per heavy atom.